The van der Waals surface area contributed by atoms with Crippen LogP contribution >= 0.6 is 0 Å². The monoisotopic (exact) mass is 631 g/mol. The standard InChI is InChI=1S/C33H34F5N3O4/c1-45-13-12-41-11-8-25-26(6-3-7-27(25)31(41)44)30(43)40-28(16-20-14-23(34)18-24(35)15-20)29(42)19-39-32(9-10-32)21-4-2-5-22(17-21)33(36,37)38/h2-7,14-15,17-18,28-29,39,42H,8-13,16,19H2,1H3,(H,40,43)/t28-,29-/m0/s1. The number of halogens is 5. The van der Waals surface area contributed by atoms with E-state index >= 15 is 0 Å². The minimum atomic E-state index is -4.51. The van der Waals surface area contributed by atoms with E-state index in [1.54, 1.807) is 36.3 Å². The second kappa shape index (κ2) is 13.2. The third kappa shape index (κ3) is 7.51. The number of nitrogens with one attached hydrogen (secondary N) is 2. The van der Waals surface area contributed by atoms with Gasteiger partial charge in [0.15, 0.2) is 0 Å². The number of rotatable bonds is 12. The van der Waals surface area contributed by atoms with Crippen LogP contribution in [0.1, 0.15) is 55.8 Å². The maximum atomic E-state index is 14.0. The summed E-state index contributed by atoms with van der Waals surface area (Å²) in [6.07, 6.45) is -4.45. The van der Waals surface area contributed by atoms with Crippen LogP contribution in [0.5, 0.6) is 0 Å². The number of methoxy groups -OCH3 is 1. The van der Waals surface area contributed by atoms with Crippen LogP contribution in [0, 0.1) is 11.6 Å². The van der Waals surface area contributed by atoms with Gasteiger partial charge in [-0.3, -0.25) is 9.59 Å². The van der Waals surface area contributed by atoms with Crippen molar-refractivity contribution in [3.8, 4) is 0 Å². The number of carbonyl (C=O) groups excluding carboxylic acids is 2. The summed E-state index contributed by atoms with van der Waals surface area (Å²) in [5.41, 5.74) is 0.234. The first-order chi connectivity index (χ1) is 21.4. The molecule has 0 radical (unpaired) electrons. The molecule has 1 aliphatic carbocycles. The van der Waals surface area contributed by atoms with Gasteiger partial charge in [-0.15, -0.1) is 0 Å². The summed E-state index contributed by atoms with van der Waals surface area (Å²) >= 11 is 0. The van der Waals surface area contributed by atoms with Gasteiger partial charge in [0.25, 0.3) is 11.8 Å². The van der Waals surface area contributed by atoms with E-state index in [2.05, 4.69) is 10.6 Å². The lowest BCUT2D eigenvalue weighted by Crippen LogP contribution is -2.50. The number of aliphatic hydroxyl groups is 1. The summed E-state index contributed by atoms with van der Waals surface area (Å²) in [7, 11) is 1.54. The Kier molecular flexibility index (Phi) is 9.57. The Labute approximate surface area is 257 Å². The fourth-order valence-electron chi connectivity index (χ4n) is 5.84. The largest absolute Gasteiger partial charge is 0.416 e. The van der Waals surface area contributed by atoms with Crippen LogP contribution < -0.4 is 10.6 Å². The molecule has 5 rings (SSSR count). The molecular weight excluding hydrogens is 597 g/mol. The van der Waals surface area contributed by atoms with E-state index in [9.17, 15) is 36.6 Å². The number of alkyl halides is 3. The highest BCUT2D eigenvalue weighted by atomic mass is 19.4. The maximum Gasteiger partial charge on any atom is 0.416 e. The lowest BCUT2D eigenvalue weighted by Gasteiger charge is -2.30. The minimum Gasteiger partial charge on any atom is -0.390 e. The number of amides is 2. The highest BCUT2D eigenvalue weighted by Crippen LogP contribution is 2.46. The molecule has 0 spiro atoms. The van der Waals surface area contributed by atoms with Crippen LogP contribution in [0.4, 0.5) is 22.0 Å². The van der Waals surface area contributed by atoms with Crippen LogP contribution in [0.15, 0.2) is 60.7 Å². The molecule has 12 heteroatoms. The minimum absolute atomic E-state index is 0.126. The molecule has 3 N–H and O–H groups in total. The first-order valence-corrected chi connectivity index (χ1v) is 14.7. The molecule has 7 nitrogen and oxygen atoms in total. The number of hydrogen-bond acceptors (Lipinski definition) is 5. The first-order valence-electron chi connectivity index (χ1n) is 14.7. The van der Waals surface area contributed by atoms with Crippen LogP contribution in [0.3, 0.4) is 0 Å². The lowest BCUT2D eigenvalue weighted by atomic mass is 9.92. The van der Waals surface area contributed by atoms with Gasteiger partial charge in [0.1, 0.15) is 11.6 Å². The third-order valence-electron chi connectivity index (χ3n) is 8.44. The Morgan fingerprint density at radius 2 is 1.78 bits per heavy atom. The molecule has 2 amide bonds. The number of nitrogens with zero attached hydrogens (tertiary/aromatic N) is 1. The van der Waals surface area contributed by atoms with E-state index in [1.165, 1.54) is 6.07 Å². The van der Waals surface area contributed by atoms with Crippen molar-refractivity contribution in [2.75, 3.05) is 33.4 Å². The molecular formula is C33H34F5N3O4. The van der Waals surface area contributed by atoms with Crippen LogP contribution in [0.25, 0.3) is 0 Å². The molecule has 2 atom stereocenters. The van der Waals surface area contributed by atoms with Crippen molar-refractivity contribution in [1.82, 2.24) is 15.5 Å². The van der Waals surface area contributed by atoms with E-state index in [0.717, 1.165) is 24.3 Å². The number of benzene rings is 3. The van der Waals surface area contributed by atoms with Crippen molar-refractivity contribution in [2.45, 2.75) is 49.5 Å². The number of aliphatic hydroxyl groups excluding tert-OH is 1. The molecule has 45 heavy (non-hydrogen) atoms. The van der Waals surface area contributed by atoms with E-state index in [4.69, 9.17) is 4.74 Å². The number of carbonyl (C=O) groups is 2. The molecule has 2 aliphatic rings. The fraction of sp³-hybridized carbons (Fsp3) is 0.394. The summed E-state index contributed by atoms with van der Waals surface area (Å²) in [6.45, 7) is 1.03. The molecule has 3 aromatic rings. The van der Waals surface area contributed by atoms with Gasteiger partial charge < -0.3 is 25.4 Å². The Hall–Kier alpha value is -3.87. The Morgan fingerprint density at radius 1 is 1.07 bits per heavy atom. The zero-order valence-corrected chi connectivity index (χ0v) is 24.6. The van der Waals surface area contributed by atoms with Gasteiger partial charge in [-0.25, -0.2) is 8.78 Å². The van der Waals surface area contributed by atoms with Gasteiger partial charge in [-0.1, -0.05) is 18.2 Å². The molecule has 1 fully saturated rings. The summed E-state index contributed by atoms with van der Waals surface area (Å²) in [5.74, 6) is -2.45. The molecule has 3 aromatic carbocycles. The van der Waals surface area contributed by atoms with Gasteiger partial charge in [-0.2, -0.15) is 13.2 Å². The van der Waals surface area contributed by atoms with E-state index in [1.807, 2.05) is 0 Å². The second-order valence-electron chi connectivity index (χ2n) is 11.5. The van der Waals surface area contributed by atoms with Crippen molar-refractivity contribution < 1.29 is 41.4 Å². The first kappa shape index (κ1) is 32.5. The smallest absolute Gasteiger partial charge is 0.390 e. The summed E-state index contributed by atoms with van der Waals surface area (Å²) in [5, 5.41) is 17.3. The fourth-order valence-corrected chi connectivity index (χ4v) is 5.84. The van der Waals surface area contributed by atoms with E-state index in [0.29, 0.717) is 61.7 Å². The predicted octanol–water partition coefficient (Wildman–Crippen LogP) is 4.61. The Morgan fingerprint density at radius 3 is 2.44 bits per heavy atom. The normalized spacial score (nSPS) is 17.0. The van der Waals surface area contributed by atoms with Gasteiger partial charge in [0.05, 0.1) is 24.3 Å². The molecule has 1 heterocycles. The Bertz CT molecular complexity index is 1540. The number of ether oxygens (including phenoxy) is 1. The van der Waals surface area contributed by atoms with Crippen molar-refractivity contribution >= 4 is 11.8 Å². The van der Waals surface area contributed by atoms with E-state index in [-0.39, 0.29) is 30.0 Å². The van der Waals surface area contributed by atoms with Crippen LogP contribution in [-0.2, 0) is 29.3 Å². The Balaban J connectivity index is 1.36. The molecule has 0 aromatic heterocycles. The third-order valence-corrected chi connectivity index (χ3v) is 8.44. The lowest BCUT2D eigenvalue weighted by molar-refractivity contribution is -0.137. The quantitative estimate of drug-likeness (QED) is 0.254. The molecule has 1 saturated carbocycles. The van der Waals surface area contributed by atoms with Gasteiger partial charge in [-0.05, 0) is 78.8 Å². The van der Waals surface area contributed by atoms with Gasteiger partial charge in [0, 0.05) is 49.5 Å². The van der Waals surface area contributed by atoms with Gasteiger partial charge in [0.2, 0.25) is 0 Å². The van der Waals surface area contributed by atoms with Crippen LogP contribution in [0.2, 0.25) is 0 Å². The summed E-state index contributed by atoms with van der Waals surface area (Å²) < 4.78 is 73.2. The SMILES string of the molecule is COCCN1CCc2c(C(=O)N[C@@H](Cc3cc(F)cc(F)c3)[C@@H](O)CNC3(c4cccc(C(F)(F)F)c4)CC3)cccc2C1=O. The molecule has 0 saturated heterocycles. The topological polar surface area (TPSA) is 90.9 Å². The summed E-state index contributed by atoms with van der Waals surface area (Å²) in [4.78, 5) is 28.3. The molecule has 1 aliphatic heterocycles. The highest BCUT2D eigenvalue weighted by Gasteiger charge is 2.45. The predicted molar refractivity (Wildman–Crippen MR) is 156 cm³/mol. The van der Waals surface area contributed by atoms with E-state index < -0.39 is 47.0 Å². The zero-order valence-electron chi connectivity index (χ0n) is 24.6. The summed E-state index contributed by atoms with van der Waals surface area (Å²) in [6, 6.07) is 11.7. The van der Waals surface area contributed by atoms with Crippen molar-refractivity contribution in [3.63, 3.8) is 0 Å². The van der Waals surface area contributed by atoms with Crippen molar-refractivity contribution in [2.24, 2.45) is 0 Å². The molecule has 0 unspecified atom stereocenters. The van der Waals surface area contributed by atoms with Gasteiger partial charge >= 0.3 is 6.18 Å². The highest BCUT2D eigenvalue weighted by molar-refractivity contribution is 6.03. The number of fused-ring (bicyclic) bond motifs is 1. The number of hydrogen-bond donors (Lipinski definition) is 3. The van der Waals surface area contributed by atoms with Crippen molar-refractivity contribution in [1.29, 1.82) is 0 Å². The molecule has 0 bridgehead atoms. The average Bonchev–Trinajstić information content (AvgIpc) is 3.79. The average molecular weight is 632 g/mol. The molecule has 240 valence electrons. The van der Waals surface area contributed by atoms with Crippen molar-refractivity contribution in [3.05, 3.63) is 106 Å². The van der Waals surface area contributed by atoms with Crippen LogP contribution in [-0.4, -0.2) is 67.3 Å². The second-order valence-corrected chi connectivity index (χ2v) is 11.5. The zero-order chi connectivity index (χ0) is 32.4. The maximum absolute atomic E-state index is 14.0.